The fraction of sp³-hybridized carbons (Fsp3) is 0.100. The van der Waals surface area contributed by atoms with E-state index in [1.54, 1.807) is 18.2 Å². The number of rotatable bonds is 6. The smallest absolute Gasteiger partial charge is 0.273 e. The lowest BCUT2D eigenvalue weighted by atomic mass is 10.2. The Morgan fingerprint density at radius 3 is 2.69 bits per heavy atom. The third kappa shape index (κ3) is 4.80. The maximum absolute atomic E-state index is 12.6. The molecule has 1 amide bonds. The van der Waals surface area contributed by atoms with Gasteiger partial charge in [0.05, 0.1) is 35.9 Å². The van der Waals surface area contributed by atoms with E-state index >= 15 is 0 Å². The van der Waals surface area contributed by atoms with Gasteiger partial charge in [0.2, 0.25) is 0 Å². The van der Waals surface area contributed by atoms with Gasteiger partial charge in [-0.25, -0.2) is 0 Å². The van der Waals surface area contributed by atoms with Crippen LogP contribution in [0.5, 0.6) is 5.75 Å². The van der Waals surface area contributed by atoms with E-state index in [9.17, 15) is 19.7 Å². The highest BCUT2D eigenvalue weighted by molar-refractivity contribution is 6.30. The van der Waals surface area contributed by atoms with Gasteiger partial charge in [-0.3, -0.25) is 19.7 Å². The first-order valence-corrected chi connectivity index (χ1v) is 8.84. The molecule has 8 nitrogen and oxygen atoms in total. The van der Waals surface area contributed by atoms with Gasteiger partial charge in [0.15, 0.2) is 0 Å². The number of halogens is 1. The van der Waals surface area contributed by atoms with Crippen molar-refractivity contribution in [3.8, 4) is 5.75 Å². The molecule has 0 aliphatic heterocycles. The number of methoxy groups -OCH3 is 1. The molecule has 29 heavy (non-hydrogen) atoms. The quantitative estimate of drug-likeness (QED) is 0.490. The van der Waals surface area contributed by atoms with Gasteiger partial charge in [-0.05, 0) is 29.8 Å². The van der Waals surface area contributed by atoms with E-state index in [1.165, 1.54) is 48.2 Å². The minimum Gasteiger partial charge on any atom is -0.494 e. The summed E-state index contributed by atoms with van der Waals surface area (Å²) in [7, 11) is 1.35. The number of pyridine rings is 1. The molecule has 0 atom stereocenters. The highest BCUT2D eigenvalue weighted by atomic mass is 35.5. The monoisotopic (exact) mass is 413 g/mol. The third-order valence-corrected chi connectivity index (χ3v) is 4.37. The number of carbonyl (C=O) groups is 1. The number of ether oxygens (including phenoxy) is 1. The van der Waals surface area contributed by atoms with Gasteiger partial charge in [0.25, 0.3) is 17.2 Å². The van der Waals surface area contributed by atoms with Gasteiger partial charge in [0, 0.05) is 23.4 Å². The molecule has 1 heterocycles. The van der Waals surface area contributed by atoms with Crippen molar-refractivity contribution in [3.05, 3.63) is 97.4 Å². The van der Waals surface area contributed by atoms with Crippen molar-refractivity contribution >= 4 is 28.9 Å². The van der Waals surface area contributed by atoms with Crippen molar-refractivity contribution in [1.82, 2.24) is 4.57 Å². The topological polar surface area (TPSA) is 103 Å². The maximum atomic E-state index is 12.6. The lowest BCUT2D eigenvalue weighted by Gasteiger charge is -2.11. The molecule has 3 aromatic rings. The minimum atomic E-state index is -0.556. The first-order valence-electron chi connectivity index (χ1n) is 8.46. The zero-order valence-corrected chi connectivity index (χ0v) is 16.1. The third-order valence-electron chi connectivity index (χ3n) is 4.13. The molecular weight excluding hydrogens is 398 g/mol. The number of hydrogen-bond donors (Lipinski definition) is 1. The predicted octanol–water partition coefficient (Wildman–Crippen LogP) is 3.72. The minimum absolute atomic E-state index is 0.153. The highest BCUT2D eigenvalue weighted by Gasteiger charge is 2.15. The van der Waals surface area contributed by atoms with Gasteiger partial charge in [0.1, 0.15) is 5.75 Å². The number of non-ortho nitro benzene ring substituents is 1. The number of nitro benzene ring substituents is 1. The number of carbonyl (C=O) groups excluding carboxylic acids is 1. The Hall–Kier alpha value is -3.65. The SMILES string of the molecule is COc1cc([N+](=O)[O-])ccc1NC(=O)c1ccc(=O)n(Cc2cccc(Cl)c2)c1. The lowest BCUT2D eigenvalue weighted by molar-refractivity contribution is -0.384. The zero-order valence-electron chi connectivity index (χ0n) is 15.3. The molecular formula is C20H16ClN3O5. The second kappa shape index (κ2) is 8.57. The van der Waals surface area contributed by atoms with Crippen LogP contribution in [0.2, 0.25) is 5.02 Å². The number of nitrogens with zero attached hydrogens (tertiary/aromatic N) is 2. The summed E-state index contributed by atoms with van der Waals surface area (Å²) >= 11 is 5.98. The molecule has 2 aromatic carbocycles. The van der Waals surface area contributed by atoms with E-state index < -0.39 is 10.8 Å². The largest absolute Gasteiger partial charge is 0.494 e. The van der Waals surface area contributed by atoms with Crippen molar-refractivity contribution in [3.63, 3.8) is 0 Å². The van der Waals surface area contributed by atoms with Gasteiger partial charge >= 0.3 is 0 Å². The molecule has 0 bridgehead atoms. The van der Waals surface area contributed by atoms with Crippen LogP contribution in [-0.2, 0) is 6.54 Å². The Kier molecular flexibility index (Phi) is 5.94. The molecule has 0 saturated carbocycles. The second-order valence-electron chi connectivity index (χ2n) is 6.11. The van der Waals surface area contributed by atoms with E-state index in [1.807, 2.05) is 6.07 Å². The number of anilines is 1. The molecule has 0 aliphatic rings. The van der Waals surface area contributed by atoms with Gasteiger partial charge in [-0.15, -0.1) is 0 Å². The van der Waals surface area contributed by atoms with E-state index in [2.05, 4.69) is 5.32 Å². The Morgan fingerprint density at radius 2 is 2.00 bits per heavy atom. The number of benzene rings is 2. The van der Waals surface area contributed by atoms with E-state index in [-0.39, 0.29) is 34.8 Å². The van der Waals surface area contributed by atoms with Crippen LogP contribution in [0.15, 0.2) is 65.6 Å². The Bertz CT molecular complexity index is 1140. The number of aromatic nitrogens is 1. The molecule has 9 heteroatoms. The van der Waals surface area contributed by atoms with Crippen molar-refractivity contribution < 1.29 is 14.5 Å². The van der Waals surface area contributed by atoms with Gasteiger partial charge in [-0.2, -0.15) is 0 Å². The van der Waals surface area contributed by atoms with Crippen LogP contribution in [0.1, 0.15) is 15.9 Å². The molecule has 148 valence electrons. The van der Waals surface area contributed by atoms with Crippen LogP contribution in [0.25, 0.3) is 0 Å². The summed E-state index contributed by atoms with van der Waals surface area (Å²) in [5.41, 5.74) is 0.904. The van der Waals surface area contributed by atoms with Crippen LogP contribution in [0, 0.1) is 10.1 Å². The van der Waals surface area contributed by atoms with Crippen molar-refractivity contribution in [2.45, 2.75) is 6.54 Å². The van der Waals surface area contributed by atoms with E-state index in [4.69, 9.17) is 16.3 Å². The predicted molar refractivity (Wildman–Crippen MR) is 109 cm³/mol. The van der Waals surface area contributed by atoms with Gasteiger partial charge in [-0.1, -0.05) is 23.7 Å². The van der Waals surface area contributed by atoms with Crippen molar-refractivity contribution in [2.24, 2.45) is 0 Å². The zero-order chi connectivity index (χ0) is 21.0. The molecule has 1 N–H and O–H groups in total. The standard InChI is InChI=1S/C20H16ClN3O5/c1-29-18-10-16(24(27)28)6-7-17(18)22-20(26)14-5-8-19(25)23(12-14)11-13-3-2-4-15(21)9-13/h2-10,12H,11H2,1H3,(H,22,26). The Balaban J connectivity index is 1.85. The summed E-state index contributed by atoms with van der Waals surface area (Å²) in [4.78, 5) is 35.1. The fourth-order valence-corrected chi connectivity index (χ4v) is 2.93. The average Bonchev–Trinajstić information content (AvgIpc) is 2.69. The lowest BCUT2D eigenvalue weighted by Crippen LogP contribution is -2.22. The summed E-state index contributed by atoms with van der Waals surface area (Å²) < 4.78 is 6.52. The van der Waals surface area contributed by atoms with Crippen LogP contribution in [-0.4, -0.2) is 22.5 Å². The van der Waals surface area contributed by atoms with Crippen molar-refractivity contribution in [2.75, 3.05) is 12.4 Å². The molecule has 3 rings (SSSR count). The summed E-state index contributed by atoms with van der Waals surface area (Å²) in [5, 5.41) is 14.1. The molecule has 0 unspecified atom stereocenters. The number of hydrogen-bond acceptors (Lipinski definition) is 5. The van der Waals surface area contributed by atoms with Crippen molar-refractivity contribution in [1.29, 1.82) is 0 Å². The Labute approximate surface area is 170 Å². The van der Waals surface area contributed by atoms with Crippen LogP contribution in [0.4, 0.5) is 11.4 Å². The number of amides is 1. The molecule has 0 spiro atoms. The molecule has 1 aromatic heterocycles. The summed E-state index contributed by atoms with van der Waals surface area (Å²) in [5.74, 6) is -0.336. The molecule has 0 aliphatic carbocycles. The normalized spacial score (nSPS) is 10.4. The van der Waals surface area contributed by atoms with E-state index in [0.717, 1.165) is 5.56 Å². The number of nitrogens with one attached hydrogen (secondary N) is 1. The summed E-state index contributed by atoms with van der Waals surface area (Å²) in [6.45, 7) is 0.251. The second-order valence-corrected chi connectivity index (χ2v) is 6.55. The summed E-state index contributed by atoms with van der Waals surface area (Å²) in [6, 6.07) is 13.6. The molecule has 0 fully saturated rings. The van der Waals surface area contributed by atoms with Crippen LogP contribution >= 0.6 is 11.6 Å². The van der Waals surface area contributed by atoms with Gasteiger partial charge < -0.3 is 14.6 Å². The van der Waals surface area contributed by atoms with E-state index in [0.29, 0.717) is 5.02 Å². The summed E-state index contributed by atoms with van der Waals surface area (Å²) in [6.07, 6.45) is 1.44. The molecule has 0 saturated heterocycles. The highest BCUT2D eigenvalue weighted by Crippen LogP contribution is 2.29. The van der Waals surface area contributed by atoms with Crippen LogP contribution < -0.4 is 15.6 Å². The number of nitro groups is 1. The fourth-order valence-electron chi connectivity index (χ4n) is 2.71. The first-order chi connectivity index (χ1) is 13.9. The Morgan fingerprint density at radius 1 is 1.21 bits per heavy atom. The first kappa shape index (κ1) is 20.1. The average molecular weight is 414 g/mol. The van der Waals surface area contributed by atoms with Crippen LogP contribution in [0.3, 0.4) is 0 Å². The molecule has 0 radical (unpaired) electrons. The maximum Gasteiger partial charge on any atom is 0.273 e.